The van der Waals surface area contributed by atoms with E-state index in [1.165, 1.54) is 0 Å². The van der Waals surface area contributed by atoms with E-state index in [-0.39, 0.29) is 84.6 Å². The number of fused-ring (bicyclic) bond motifs is 5. The van der Waals surface area contributed by atoms with Crippen LogP contribution >= 0.6 is 0 Å². The number of nitrogens with one attached hydrogen (secondary N) is 1. The molecule has 1 aromatic rings. The number of para-hydroxylation sites is 1. The molecule has 0 amide bonds. The van der Waals surface area contributed by atoms with Crippen LogP contribution in [0.2, 0.25) is 0 Å². The largest absolute Gasteiger partial charge is 0.462 e. The van der Waals surface area contributed by atoms with Gasteiger partial charge < -0.3 is 53.2 Å². The van der Waals surface area contributed by atoms with Gasteiger partial charge in [-0.3, -0.25) is 9.59 Å². The number of carbonyl (C=O) groups is 2. The van der Waals surface area contributed by atoms with Crippen LogP contribution in [0.25, 0.3) is 0 Å². The SMILES string of the molecule is CCOC1C(OC)[C@H](O[C@@H]2C[C@H]3[C@@H](O)[C@H](Nc4ccccc4)[C@@H]4[C@@H](C=C5C(=O)[C@H](C)[C@@H](OC6CC[C@H](N(C)C)C(C)O6)CCC[C@H](CC)OC(=O)C[C@H]54)[C@@H]3C2)OC(C)[C@@H]1OC. The predicted octanol–water partition coefficient (Wildman–Crippen LogP) is 6.16. The average Bonchev–Trinajstić information content (AvgIpc) is 3.83. The van der Waals surface area contributed by atoms with Crippen LogP contribution in [-0.4, -0.2) is 136 Å². The first kappa shape index (κ1) is 46.5. The molecule has 5 unspecified atom stereocenters. The third-order valence-corrected chi connectivity index (χ3v) is 15.1. The second-order valence-corrected chi connectivity index (χ2v) is 18.9. The molecule has 342 valence electrons. The second-order valence-electron chi connectivity index (χ2n) is 18.9. The van der Waals surface area contributed by atoms with Crippen LogP contribution in [-0.2, 0) is 47.5 Å². The van der Waals surface area contributed by atoms with E-state index in [9.17, 15) is 9.90 Å². The molecule has 0 aromatic heterocycles. The summed E-state index contributed by atoms with van der Waals surface area (Å²) in [4.78, 5) is 31.4. The predicted molar refractivity (Wildman–Crippen MR) is 230 cm³/mol. The fourth-order valence-corrected chi connectivity index (χ4v) is 12.0. The summed E-state index contributed by atoms with van der Waals surface area (Å²) in [6.07, 6.45) is 3.67. The van der Waals surface area contributed by atoms with Crippen molar-refractivity contribution in [2.45, 2.75) is 172 Å². The zero-order valence-electron chi connectivity index (χ0n) is 38.0. The van der Waals surface area contributed by atoms with Crippen LogP contribution in [0.3, 0.4) is 0 Å². The number of ether oxygens (including phenoxy) is 8. The normalized spacial score (nSPS) is 43.3. The van der Waals surface area contributed by atoms with Crippen LogP contribution in [0.5, 0.6) is 0 Å². The zero-order valence-corrected chi connectivity index (χ0v) is 38.0. The molecule has 2 N–H and O–H groups in total. The van der Waals surface area contributed by atoms with Gasteiger partial charge in [0.1, 0.15) is 24.4 Å². The Bertz CT molecular complexity index is 1630. The highest BCUT2D eigenvalue weighted by Crippen LogP contribution is 2.57. The molecule has 6 aliphatic rings. The third kappa shape index (κ3) is 9.95. The molecule has 13 nitrogen and oxygen atoms in total. The summed E-state index contributed by atoms with van der Waals surface area (Å²) in [5.41, 5.74) is 1.52. The van der Waals surface area contributed by atoms with Gasteiger partial charge in [0.05, 0.1) is 43.0 Å². The van der Waals surface area contributed by atoms with Gasteiger partial charge in [-0.25, -0.2) is 0 Å². The number of hydrogen-bond donors (Lipinski definition) is 2. The van der Waals surface area contributed by atoms with Gasteiger partial charge in [0.2, 0.25) is 0 Å². The number of anilines is 1. The van der Waals surface area contributed by atoms with E-state index < -0.39 is 42.7 Å². The number of allylic oxidation sites excluding steroid dienone is 2. The molecule has 3 aliphatic carbocycles. The summed E-state index contributed by atoms with van der Waals surface area (Å²) in [6.45, 7) is 10.5. The summed E-state index contributed by atoms with van der Waals surface area (Å²) in [5.74, 6) is -1.76. The van der Waals surface area contributed by atoms with Crippen molar-refractivity contribution in [2.75, 3.05) is 40.2 Å². The first-order valence-corrected chi connectivity index (χ1v) is 23.3. The van der Waals surface area contributed by atoms with Crippen LogP contribution in [0.4, 0.5) is 5.69 Å². The lowest BCUT2D eigenvalue weighted by atomic mass is 9.62. The summed E-state index contributed by atoms with van der Waals surface area (Å²) in [7, 11) is 7.45. The lowest BCUT2D eigenvalue weighted by Gasteiger charge is -2.47. The standard InChI is InChI=1S/C48H74N2O11/c1-10-30-18-15-19-38(61-40-21-20-37(50(6)7)27(4)57-40)26(3)43(52)36-24-33-32-22-31(60-48-47(55-9)46(56-11-2)45(54-8)28(5)58-48)23-35(32)44(53)42(49-29-16-13-12-14-17-29)41(33)34(36)25-39(51)59-30/h12-14,16-17,24,26-28,30-35,37-38,40-42,44-49,53H,10-11,15,18-23,25H2,1-9H3/t26-,27?,28?,30+,31+,32+,33+,34-,35-,37+,38+,40?,41-,42-,44-,45+,46?,47?,48+/m1/s1. The Morgan fingerprint density at radius 1 is 0.869 bits per heavy atom. The minimum absolute atomic E-state index is 0.00247. The van der Waals surface area contributed by atoms with Crippen molar-refractivity contribution in [3.8, 4) is 0 Å². The molecule has 3 heterocycles. The Balaban J connectivity index is 1.20. The average molecular weight is 855 g/mol. The third-order valence-electron chi connectivity index (χ3n) is 15.1. The van der Waals surface area contributed by atoms with Crippen LogP contribution in [0.15, 0.2) is 42.0 Å². The maximum absolute atomic E-state index is 15.2. The molecule has 2 saturated carbocycles. The Morgan fingerprint density at radius 2 is 1.61 bits per heavy atom. The zero-order chi connectivity index (χ0) is 43.5. The van der Waals surface area contributed by atoms with E-state index in [1.807, 2.05) is 51.1 Å². The van der Waals surface area contributed by atoms with Crippen molar-refractivity contribution >= 4 is 17.4 Å². The molecule has 13 heteroatoms. The summed E-state index contributed by atoms with van der Waals surface area (Å²) in [6, 6.07) is 9.75. The second kappa shape index (κ2) is 20.6. The van der Waals surface area contributed by atoms with Gasteiger partial charge in [-0.1, -0.05) is 38.1 Å². The van der Waals surface area contributed by atoms with Gasteiger partial charge in [0, 0.05) is 44.4 Å². The van der Waals surface area contributed by atoms with Gasteiger partial charge in [-0.2, -0.15) is 0 Å². The number of rotatable bonds is 12. The molecule has 0 radical (unpaired) electrons. The Labute approximate surface area is 363 Å². The maximum Gasteiger partial charge on any atom is 0.306 e. The highest BCUT2D eigenvalue weighted by Gasteiger charge is 2.60. The number of cyclic esters (lactones) is 1. The summed E-state index contributed by atoms with van der Waals surface area (Å²) >= 11 is 0. The molecule has 61 heavy (non-hydrogen) atoms. The quantitative estimate of drug-likeness (QED) is 0.232. The number of ketones is 1. The maximum atomic E-state index is 15.2. The molecule has 19 atom stereocenters. The Kier molecular flexibility index (Phi) is 15.7. The van der Waals surface area contributed by atoms with Gasteiger partial charge >= 0.3 is 5.97 Å². The van der Waals surface area contributed by atoms with E-state index >= 15 is 4.79 Å². The smallest absolute Gasteiger partial charge is 0.306 e. The number of aliphatic hydroxyl groups excluding tert-OH is 1. The van der Waals surface area contributed by atoms with Crippen LogP contribution < -0.4 is 5.32 Å². The van der Waals surface area contributed by atoms with Gasteiger partial charge in [0.15, 0.2) is 18.4 Å². The number of esters is 1. The highest BCUT2D eigenvalue weighted by atomic mass is 16.7. The molecule has 3 saturated heterocycles. The minimum atomic E-state index is -0.785. The van der Waals surface area contributed by atoms with Crippen molar-refractivity contribution in [3.63, 3.8) is 0 Å². The fourth-order valence-electron chi connectivity index (χ4n) is 12.0. The number of benzene rings is 1. The van der Waals surface area contributed by atoms with Crippen LogP contribution in [0, 0.1) is 35.5 Å². The number of Topliss-reactive ketones (excluding diaryl/α,β-unsaturated/α-hetero) is 1. The number of aliphatic hydroxyl groups is 1. The van der Waals surface area contributed by atoms with E-state index in [2.05, 4.69) is 44.2 Å². The van der Waals surface area contributed by atoms with Crippen LogP contribution in [0.1, 0.15) is 92.4 Å². The topological polar surface area (TPSA) is 143 Å². The number of methoxy groups -OCH3 is 2. The Morgan fingerprint density at radius 3 is 2.28 bits per heavy atom. The van der Waals surface area contributed by atoms with E-state index in [4.69, 9.17) is 37.9 Å². The van der Waals surface area contributed by atoms with Crippen molar-refractivity contribution in [1.82, 2.24) is 4.90 Å². The fraction of sp³-hybridized carbons (Fsp3) is 0.792. The molecule has 3 aliphatic heterocycles. The Hall–Kier alpha value is -2.46. The molecule has 0 spiro atoms. The molecular weight excluding hydrogens is 781 g/mol. The molecule has 5 fully saturated rings. The lowest BCUT2D eigenvalue weighted by Crippen LogP contribution is -2.60. The summed E-state index contributed by atoms with van der Waals surface area (Å²) in [5, 5.41) is 16.3. The molecule has 0 bridgehead atoms. The summed E-state index contributed by atoms with van der Waals surface area (Å²) < 4.78 is 50.7. The van der Waals surface area contributed by atoms with Gasteiger partial charge in [0.25, 0.3) is 0 Å². The van der Waals surface area contributed by atoms with E-state index in [0.29, 0.717) is 50.3 Å². The van der Waals surface area contributed by atoms with Crippen molar-refractivity contribution < 1.29 is 52.6 Å². The molecular formula is C48H74N2O11. The monoisotopic (exact) mass is 855 g/mol. The van der Waals surface area contributed by atoms with Crippen molar-refractivity contribution in [3.05, 3.63) is 42.0 Å². The first-order chi connectivity index (χ1) is 29.4. The minimum Gasteiger partial charge on any atom is -0.462 e. The molecule has 1 aromatic carbocycles. The van der Waals surface area contributed by atoms with Gasteiger partial charge in [-0.15, -0.1) is 0 Å². The molecule has 7 rings (SSSR count). The number of nitrogens with zero attached hydrogens (tertiary/aromatic N) is 1. The number of carbonyl (C=O) groups excluding carboxylic acids is 2. The number of hydrogen-bond acceptors (Lipinski definition) is 13. The van der Waals surface area contributed by atoms with Gasteiger partial charge in [-0.05, 0) is 128 Å². The van der Waals surface area contributed by atoms with Crippen molar-refractivity contribution in [2.24, 2.45) is 35.5 Å². The van der Waals surface area contributed by atoms with E-state index in [0.717, 1.165) is 24.9 Å². The number of likely N-dealkylation sites (N-methyl/N-ethyl adjacent to an activating group) is 1. The van der Waals surface area contributed by atoms with Crippen molar-refractivity contribution in [1.29, 1.82) is 0 Å². The lowest BCUT2D eigenvalue weighted by molar-refractivity contribution is -0.317. The van der Waals surface area contributed by atoms with E-state index in [1.54, 1.807) is 14.2 Å². The first-order valence-electron chi connectivity index (χ1n) is 23.3. The highest BCUT2D eigenvalue weighted by molar-refractivity contribution is 5.99.